The largest absolute Gasteiger partial charge is 0.497 e. The summed E-state index contributed by atoms with van der Waals surface area (Å²) in [4.78, 5) is 4.28. The number of guanidine groups is 1. The molecule has 0 aliphatic rings. The third kappa shape index (κ3) is 5.84. The Balaban J connectivity index is 1.94. The second-order valence-corrected chi connectivity index (χ2v) is 5.85. The van der Waals surface area contributed by atoms with Crippen molar-refractivity contribution in [2.45, 2.75) is 20.0 Å². The molecule has 26 heavy (non-hydrogen) atoms. The molecule has 0 heterocycles. The zero-order valence-electron chi connectivity index (χ0n) is 15.7. The Kier molecular flexibility index (Phi) is 7.55. The molecule has 0 atom stereocenters. The molecule has 138 valence electrons. The van der Waals surface area contributed by atoms with E-state index >= 15 is 0 Å². The summed E-state index contributed by atoms with van der Waals surface area (Å²) < 4.78 is 11.0. The predicted molar refractivity (Wildman–Crippen MR) is 107 cm³/mol. The zero-order chi connectivity index (χ0) is 18.8. The molecule has 0 aromatic heterocycles. The molecule has 0 saturated heterocycles. The van der Waals surface area contributed by atoms with Crippen LogP contribution in [0.2, 0.25) is 0 Å². The predicted octanol–water partition coefficient (Wildman–Crippen LogP) is 3.43. The van der Waals surface area contributed by atoms with Gasteiger partial charge in [0.2, 0.25) is 0 Å². The van der Waals surface area contributed by atoms with Crippen LogP contribution in [-0.4, -0.2) is 26.7 Å². The number of hydrogen-bond acceptors (Lipinski definition) is 3. The van der Waals surface area contributed by atoms with Crippen LogP contribution in [0, 0.1) is 6.92 Å². The molecule has 5 nitrogen and oxygen atoms in total. The Morgan fingerprint density at radius 1 is 1.15 bits per heavy atom. The molecule has 0 amide bonds. The second-order valence-electron chi connectivity index (χ2n) is 5.85. The Labute approximate surface area is 155 Å². The highest BCUT2D eigenvalue weighted by Gasteiger charge is 2.05. The number of hydrogen-bond donors (Lipinski definition) is 2. The summed E-state index contributed by atoms with van der Waals surface area (Å²) in [6.45, 7) is 7.50. The monoisotopic (exact) mass is 353 g/mol. The van der Waals surface area contributed by atoms with Crippen LogP contribution in [0.1, 0.15) is 16.7 Å². The molecule has 0 bridgehead atoms. The summed E-state index contributed by atoms with van der Waals surface area (Å²) in [5, 5.41) is 6.64. The van der Waals surface area contributed by atoms with Crippen molar-refractivity contribution in [3.63, 3.8) is 0 Å². The number of aryl methyl sites for hydroxylation is 1. The smallest absolute Gasteiger partial charge is 0.191 e. The van der Waals surface area contributed by atoms with E-state index in [1.807, 2.05) is 36.4 Å². The van der Waals surface area contributed by atoms with Gasteiger partial charge in [-0.05, 0) is 36.2 Å². The van der Waals surface area contributed by atoms with Crippen molar-refractivity contribution in [1.29, 1.82) is 0 Å². The van der Waals surface area contributed by atoms with Gasteiger partial charge in [-0.3, -0.25) is 4.99 Å². The molecule has 2 aromatic carbocycles. The molecular weight excluding hydrogens is 326 g/mol. The molecule has 2 N–H and O–H groups in total. The first-order chi connectivity index (χ1) is 12.7. The van der Waals surface area contributed by atoms with E-state index in [9.17, 15) is 0 Å². The standard InChI is InChI=1S/C21H27N3O2/c1-5-10-26-20-9-7-6-8-18(20)15-24-21(22-3)23-14-17-11-16(2)12-19(13-17)25-4/h5-9,11-13H,1,10,14-15H2,2-4H3,(H2,22,23,24). The Morgan fingerprint density at radius 3 is 2.65 bits per heavy atom. The van der Waals surface area contributed by atoms with Crippen LogP contribution in [0.5, 0.6) is 11.5 Å². The second kappa shape index (κ2) is 10.1. The summed E-state index contributed by atoms with van der Waals surface area (Å²) >= 11 is 0. The van der Waals surface area contributed by atoms with Gasteiger partial charge in [0.1, 0.15) is 18.1 Å². The van der Waals surface area contributed by atoms with Crippen LogP contribution >= 0.6 is 0 Å². The first-order valence-corrected chi connectivity index (χ1v) is 8.57. The molecule has 0 radical (unpaired) electrons. The molecule has 5 heteroatoms. The average molecular weight is 353 g/mol. The number of nitrogens with zero attached hydrogens (tertiary/aromatic N) is 1. The number of methoxy groups -OCH3 is 1. The van der Waals surface area contributed by atoms with Crippen LogP contribution in [-0.2, 0) is 13.1 Å². The molecule has 0 saturated carbocycles. The molecule has 2 aromatic rings. The van der Waals surface area contributed by atoms with Gasteiger partial charge in [-0.25, -0.2) is 0 Å². The third-order valence-electron chi connectivity index (χ3n) is 3.81. The Bertz CT molecular complexity index is 757. The number of rotatable bonds is 8. The highest BCUT2D eigenvalue weighted by molar-refractivity contribution is 5.79. The summed E-state index contributed by atoms with van der Waals surface area (Å²) in [7, 11) is 3.44. The van der Waals surface area contributed by atoms with E-state index in [1.165, 1.54) is 0 Å². The van der Waals surface area contributed by atoms with Gasteiger partial charge in [-0.1, -0.05) is 36.9 Å². The topological polar surface area (TPSA) is 54.9 Å². The number of para-hydroxylation sites is 1. The van der Waals surface area contributed by atoms with Gasteiger partial charge in [0.05, 0.1) is 7.11 Å². The van der Waals surface area contributed by atoms with Gasteiger partial charge in [0, 0.05) is 25.7 Å². The number of nitrogens with one attached hydrogen (secondary N) is 2. The van der Waals surface area contributed by atoms with Gasteiger partial charge in [-0.2, -0.15) is 0 Å². The summed E-state index contributed by atoms with van der Waals surface area (Å²) in [5.74, 6) is 2.43. The first kappa shape index (κ1) is 19.4. The van der Waals surface area contributed by atoms with Crippen molar-refractivity contribution in [1.82, 2.24) is 10.6 Å². The quantitative estimate of drug-likeness (QED) is 0.434. The summed E-state index contributed by atoms with van der Waals surface area (Å²) in [5.41, 5.74) is 3.37. The minimum Gasteiger partial charge on any atom is -0.497 e. The fourth-order valence-electron chi connectivity index (χ4n) is 2.57. The molecular formula is C21H27N3O2. The van der Waals surface area contributed by atoms with Crippen molar-refractivity contribution >= 4 is 5.96 Å². The maximum Gasteiger partial charge on any atom is 0.191 e. The third-order valence-corrected chi connectivity index (χ3v) is 3.81. The number of benzene rings is 2. The highest BCUT2D eigenvalue weighted by atomic mass is 16.5. The number of ether oxygens (including phenoxy) is 2. The van der Waals surface area contributed by atoms with E-state index in [2.05, 4.69) is 35.2 Å². The van der Waals surface area contributed by atoms with Crippen molar-refractivity contribution in [2.24, 2.45) is 4.99 Å². The maximum absolute atomic E-state index is 5.69. The van der Waals surface area contributed by atoms with E-state index in [0.29, 0.717) is 19.7 Å². The average Bonchev–Trinajstić information content (AvgIpc) is 2.66. The van der Waals surface area contributed by atoms with Gasteiger partial charge >= 0.3 is 0 Å². The summed E-state index contributed by atoms with van der Waals surface area (Å²) in [6.07, 6.45) is 1.74. The SMILES string of the molecule is C=CCOc1ccccc1CNC(=NC)NCc1cc(C)cc(OC)c1. The van der Waals surface area contributed by atoms with Gasteiger partial charge < -0.3 is 20.1 Å². The van der Waals surface area contributed by atoms with E-state index < -0.39 is 0 Å². The highest BCUT2D eigenvalue weighted by Crippen LogP contribution is 2.18. The van der Waals surface area contributed by atoms with Gasteiger partial charge in [0.15, 0.2) is 5.96 Å². The molecule has 2 rings (SSSR count). The van der Waals surface area contributed by atoms with E-state index in [4.69, 9.17) is 9.47 Å². The van der Waals surface area contributed by atoms with Crippen molar-refractivity contribution in [2.75, 3.05) is 20.8 Å². The van der Waals surface area contributed by atoms with E-state index in [-0.39, 0.29) is 0 Å². The minimum absolute atomic E-state index is 0.485. The van der Waals surface area contributed by atoms with Crippen LogP contribution in [0.15, 0.2) is 60.1 Å². The lowest BCUT2D eigenvalue weighted by atomic mass is 10.1. The minimum atomic E-state index is 0.485. The van der Waals surface area contributed by atoms with Crippen molar-refractivity contribution < 1.29 is 9.47 Å². The fourth-order valence-corrected chi connectivity index (χ4v) is 2.57. The van der Waals surface area contributed by atoms with Gasteiger partial charge in [0.25, 0.3) is 0 Å². The van der Waals surface area contributed by atoms with Crippen LogP contribution in [0.3, 0.4) is 0 Å². The molecule has 0 aliphatic carbocycles. The lowest BCUT2D eigenvalue weighted by Crippen LogP contribution is -2.36. The first-order valence-electron chi connectivity index (χ1n) is 8.57. The zero-order valence-corrected chi connectivity index (χ0v) is 15.7. The van der Waals surface area contributed by atoms with Crippen LogP contribution in [0.4, 0.5) is 0 Å². The van der Waals surface area contributed by atoms with Crippen molar-refractivity contribution in [3.05, 3.63) is 71.8 Å². The molecule has 0 aliphatic heterocycles. The lowest BCUT2D eigenvalue weighted by molar-refractivity contribution is 0.358. The lowest BCUT2D eigenvalue weighted by Gasteiger charge is -2.15. The fraction of sp³-hybridized carbons (Fsp3) is 0.286. The van der Waals surface area contributed by atoms with Crippen molar-refractivity contribution in [3.8, 4) is 11.5 Å². The van der Waals surface area contributed by atoms with Gasteiger partial charge in [-0.15, -0.1) is 0 Å². The van der Waals surface area contributed by atoms with Crippen LogP contribution < -0.4 is 20.1 Å². The number of aliphatic imine (C=N–C) groups is 1. The van der Waals surface area contributed by atoms with E-state index in [1.54, 1.807) is 20.2 Å². The molecule has 0 unspecified atom stereocenters. The Hall–Kier alpha value is -2.95. The Morgan fingerprint density at radius 2 is 1.92 bits per heavy atom. The normalized spacial score (nSPS) is 11.0. The molecule has 0 spiro atoms. The molecule has 0 fully saturated rings. The summed E-state index contributed by atoms with van der Waals surface area (Å²) in [6, 6.07) is 14.1. The van der Waals surface area contributed by atoms with Crippen LogP contribution in [0.25, 0.3) is 0 Å². The van der Waals surface area contributed by atoms with E-state index in [0.717, 1.165) is 34.1 Å². The maximum atomic E-state index is 5.69.